The quantitative estimate of drug-likeness (QED) is 0.469. The van der Waals surface area contributed by atoms with Crippen LogP contribution in [-0.2, 0) is 21.1 Å². The first-order chi connectivity index (χ1) is 12.7. The monoisotopic (exact) mass is 397 g/mol. The summed E-state index contributed by atoms with van der Waals surface area (Å²) >= 11 is 0. The summed E-state index contributed by atoms with van der Waals surface area (Å²) in [5.41, 5.74) is 1.73. The summed E-state index contributed by atoms with van der Waals surface area (Å²) in [6, 6.07) is 5.36. The summed E-state index contributed by atoms with van der Waals surface area (Å²) in [4.78, 5) is 4.98. The predicted molar refractivity (Wildman–Crippen MR) is 112 cm³/mol. The number of guanidine groups is 1. The lowest BCUT2D eigenvalue weighted by atomic mass is 10.0. The molecule has 0 saturated heterocycles. The van der Waals surface area contributed by atoms with Crippen molar-refractivity contribution in [2.75, 3.05) is 26.0 Å². The molecule has 0 bridgehead atoms. The Morgan fingerprint density at radius 1 is 1.22 bits per heavy atom. The number of aliphatic imine (C=N–C) groups is 1. The number of aryl methyl sites for hydroxylation is 1. The number of benzene rings is 1. The van der Waals surface area contributed by atoms with Gasteiger partial charge in [0.2, 0.25) is 0 Å². The molecule has 27 heavy (non-hydrogen) atoms. The van der Waals surface area contributed by atoms with E-state index >= 15 is 0 Å². The topological polar surface area (TPSA) is 79.8 Å². The fourth-order valence-electron chi connectivity index (χ4n) is 2.89. The van der Waals surface area contributed by atoms with Crippen molar-refractivity contribution in [3.05, 3.63) is 29.3 Å². The van der Waals surface area contributed by atoms with E-state index in [0.29, 0.717) is 17.4 Å². The van der Waals surface area contributed by atoms with Crippen LogP contribution in [-0.4, -0.2) is 46.4 Å². The number of ether oxygens (including phenoxy) is 1. The second kappa shape index (κ2) is 11.3. The summed E-state index contributed by atoms with van der Waals surface area (Å²) in [5.74, 6) is 1.23. The Labute approximate surface area is 164 Å². The molecule has 0 aliphatic rings. The Kier molecular flexibility index (Phi) is 9.80. The van der Waals surface area contributed by atoms with E-state index in [4.69, 9.17) is 4.74 Å². The highest BCUT2D eigenvalue weighted by Gasteiger charge is 2.13. The minimum Gasteiger partial charge on any atom is -0.378 e. The maximum absolute atomic E-state index is 11.7. The first kappa shape index (κ1) is 23.4. The number of hydrogen-bond donors (Lipinski definition) is 2. The number of nitrogens with one attached hydrogen (secondary N) is 2. The fraction of sp³-hybridized carbons (Fsp3) is 0.650. The van der Waals surface area contributed by atoms with Gasteiger partial charge in [-0.3, -0.25) is 0 Å². The van der Waals surface area contributed by atoms with Crippen molar-refractivity contribution in [1.82, 2.24) is 10.6 Å². The standard InChI is InChI=1S/C20H35N3O3S/c1-7-21-20(22-12-11-18(15(3)4)26-8-2)23-14-17-9-10-19(16(5)13-17)27(6,24)25/h9-10,13,15,18H,7-8,11-12,14H2,1-6H3,(H2,21,22,23). The molecule has 1 atom stereocenters. The van der Waals surface area contributed by atoms with Crippen molar-refractivity contribution in [2.24, 2.45) is 10.9 Å². The molecule has 0 aromatic heterocycles. The highest BCUT2D eigenvalue weighted by molar-refractivity contribution is 7.90. The molecular weight excluding hydrogens is 362 g/mol. The van der Waals surface area contributed by atoms with Gasteiger partial charge in [-0.15, -0.1) is 0 Å². The van der Waals surface area contributed by atoms with Crippen LogP contribution in [0.5, 0.6) is 0 Å². The van der Waals surface area contributed by atoms with E-state index < -0.39 is 9.84 Å². The minimum absolute atomic E-state index is 0.233. The zero-order chi connectivity index (χ0) is 20.4. The molecule has 0 heterocycles. The zero-order valence-corrected chi connectivity index (χ0v) is 18.3. The van der Waals surface area contributed by atoms with Gasteiger partial charge in [0.15, 0.2) is 15.8 Å². The molecule has 2 N–H and O–H groups in total. The largest absolute Gasteiger partial charge is 0.378 e. The van der Waals surface area contributed by atoms with Crippen LogP contribution >= 0.6 is 0 Å². The molecule has 7 heteroatoms. The van der Waals surface area contributed by atoms with Crippen LogP contribution < -0.4 is 10.6 Å². The third kappa shape index (κ3) is 8.30. The molecule has 0 aliphatic heterocycles. The molecule has 0 fully saturated rings. The third-order valence-corrected chi connectivity index (χ3v) is 5.51. The van der Waals surface area contributed by atoms with Gasteiger partial charge >= 0.3 is 0 Å². The van der Waals surface area contributed by atoms with E-state index in [2.05, 4.69) is 29.5 Å². The molecule has 154 valence electrons. The lowest BCUT2D eigenvalue weighted by molar-refractivity contribution is 0.0258. The number of hydrogen-bond acceptors (Lipinski definition) is 4. The summed E-state index contributed by atoms with van der Waals surface area (Å²) in [7, 11) is -3.19. The van der Waals surface area contributed by atoms with Crippen LogP contribution in [0.15, 0.2) is 28.1 Å². The van der Waals surface area contributed by atoms with E-state index in [-0.39, 0.29) is 6.10 Å². The Balaban J connectivity index is 2.72. The minimum atomic E-state index is -3.19. The molecule has 0 amide bonds. The van der Waals surface area contributed by atoms with E-state index in [1.54, 1.807) is 6.07 Å². The van der Waals surface area contributed by atoms with E-state index in [0.717, 1.165) is 43.2 Å². The van der Waals surface area contributed by atoms with Gasteiger partial charge in [-0.05, 0) is 50.3 Å². The Morgan fingerprint density at radius 3 is 2.44 bits per heavy atom. The molecule has 1 aromatic carbocycles. The Bertz CT molecular complexity index is 715. The maximum Gasteiger partial charge on any atom is 0.191 e. The molecule has 1 unspecified atom stereocenters. The molecule has 6 nitrogen and oxygen atoms in total. The van der Waals surface area contributed by atoms with Crippen molar-refractivity contribution in [3.8, 4) is 0 Å². The lowest BCUT2D eigenvalue weighted by Gasteiger charge is -2.21. The van der Waals surface area contributed by atoms with Gasteiger partial charge in [0.05, 0.1) is 17.5 Å². The summed E-state index contributed by atoms with van der Waals surface area (Å²) in [6.45, 7) is 13.0. The molecule has 0 aliphatic carbocycles. The predicted octanol–water partition coefficient (Wildman–Crippen LogP) is 2.90. The van der Waals surface area contributed by atoms with E-state index in [1.807, 2.05) is 32.9 Å². The van der Waals surface area contributed by atoms with Crippen LogP contribution in [0, 0.1) is 12.8 Å². The van der Waals surface area contributed by atoms with E-state index in [1.165, 1.54) is 6.26 Å². The maximum atomic E-state index is 11.7. The molecule has 0 spiro atoms. The SMILES string of the molecule is CCNC(=NCc1ccc(S(C)(=O)=O)c(C)c1)NCCC(OCC)C(C)C. The normalized spacial score (nSPS) is 13.7. The van der Waals surface area contributed by atoms with Gasteiger partial charge in [-0.2, -0.15) is 0 Å². The smallest absolute Gasteiger partial charge is 0.191 e. The summed E-state index contributed by atoms with van der Waals surface area (Å²) in [6.07, 6.45) is 2.38. The second-order valence-corrected chi connectivity index (χ2v) is 9.00. The van der Waals surface area contributed by atoms with Crippen molar-refractivity contribution in [2.45, 2.75) is 58.6 Å². The van der Waals surface area contributed by atoms with Crippen molar-refractivity contribution >= 4 is 15.8 Å². The zero-order valence-electron chi connectivity index (χ0n) is 17.5. The Hall–Kier alpha value is -1.60. The van der Waals surface area contributed by atoms with Crippen LogP contribution in [0.25, 0.3) is 0 Å². The molecular formula is C20H35N3O3S. The second-order valence-electron chi connectivity index (χ2n) is 7.02. The van der Waals surface area contributed by atoms with Crippen LogP contribution in [0.3, 0.4) is 0 Å². The number of rotatable bonds is 10. The van der Waals surface area contributed by atoms with Gasteiger partial charge in [0.25, 0.3) is 0 Å². The molecule has 1 aromatic rings. The summed E-state index contributed by atoms with van der Waals surface area (Å²) in [5, 5.41) is 6.59. The van der Waals surface area contributed by atoms with Gasteiger partial charge in [-0.25, -0.2) is 13.4 Å². The number of nitrogens with zero attached hydrogens (tertiary/aromatic N) is 1. The molecule has 0 radical (unpaired) electrons. The highest BCUT2D eigenvalue weighted by atomic mass is 32.2. The lowest BCUT2D eigenvalue weighted by Crippen LogP contribution is -2.39. The number of sulfone groups is 1. The summed E-state index contributed by atoms with van der Waals surface area (Å²) < 4.78 is 29.2. The third-order valence-electron chi connectivity index (χ3n) is 4.25. The first-order valence-corrected chi connectivity index (χ1v) is 11.5. The van der Waals surface area contributed by atoms with Crippen LogP contribution in [0.4, 0.5) is 0 Å². The van der Waals surface area contributed by atoms with Gasteiger partial charge < -0.3 is 15.4 Å². The molecule has 1 rings (SSSR count). The van der Waals surface area contributed by atoms with Crippen LogP contribution in [0.2, 0.25) is 0 Å². The van der Waals surface area contributed by atoms with Gasteiger partial charge in [0, 0.05) is 26.0 Å². The van der Waals surface area contributed by atoms with Crippen molar-refractivity contribution < 1.29 is 13.2 Å². The van der Waals surface area contributed by atoms with Gasteiger partial charge in [-0.1, -0.05) is 26.0 Å². The van der Waals surface area contributed by atoms with Gasteiger partial charge in [0.1, 0.15) is 0 Å². The van der Waals surface area contributed by atoms with Crippen molar-refractivity contribution in [1.29, 1.82) is 0 Å². The van der Waals surface area contributed by atoms with E-state index in [9.17, 15) is 8.42 Å². The average Bonchev–Trinajstić information content (AvgIpc) is 2.57. The molecule has 0 saturated carbocycles. The van der Waals surface area contributed by atoms with Crippen molar-refractivity contribution in [3.63, 3.8) is 0 Å². The average molecular weight is 398 g/mol. The fourth-order valence-corrected chi connectivity index (χ4v) is 3.85. The Morgan fingerprint density at radius 2 is 1.93 bits per heavy atom. The highest BCUT2D eigenvalue weighted by Crippen LogP contribution is 2.17. The first-order valence-electron chi connectivity index (χ1n) is 9.62. The van der Waals surface area contributed by atoms with Crippen LogP contribution in [0.1, 0.15) is 45.2 Å².